The topological polar surface area (TPSA) is 44.3 Å². The summed E-state index contributed by atoms with van der Waals surface area (Å²) in [6.45, 7) is 11.6. The summed E-state index contributed by atoms with van der Waals surface area (Å²) in [4.78, 5) is 13.7. The summed E-state index contributed by atoms with van der Waals surface area (Å²) in [6.07, 6.45) is 5.05. The smallest absolute Gasteiger partial charge is 0.225 e. The van der Waals surface area contributed by atoms with Gasteiger partial charge < -0.3 is 15.1 Å². The first kappa shape index (κ1) is 15.2. The number of nitrogens with zero attached hydrogens (tertiary/aromatic N) is 4. The van der Waals surface area contributed by atoms with E-state index in [4.69, 9.17) is 0 Å². The molecular formula is C15H27N5. The molecule has 0 atom stereocenters. The van der Waals surface area contributed by atoms with Crippen LogP contribution in [0.4, 0.5) is 5.95 Å². The molecule has 5 heteroatoms. The van der Waals surface area contributed by atoms with Gasteiger partial charge in [0.25, 0.3) is 0 Å². The molecule has 0 amide bonds. The van der Waals surface area contributed by atoms with Gasteiger partial charge >= 0.3 is 0 Å². The maximum atomic E-state index is 4.53. The third-order valence-electron chi connectivity index (χ3n) is 3.52. The zero-order valence-corrected chi connectivity index (χ0v) is 13.2. The second kappa shape index (κ2) is 6.50. The molecule has 1 saturated heterocycles. The Hall–Kier alpha value is -1.20. The van der Waals surface area contributed by atoms with Crippen LogP contribution in [0.1, 0.15) is 32.8 Å². The predicted octanol–water partition coefficient (Wildman–Crippen LogP) is 1.51. The van der Waals surface area contributed by atoms with Crippen molar-refractivity contribution in [2.75, 3.05) is 38.1 Å². The number of anilines is 1. The third-order valence-corrected chi connectivity index (χ3v) is 3.52. The van der Waals surface area contributed by atoms with Crippen molar-refractivity contribution < 1.29 is 0 Å². The molecular weight excluding hydrogens is 250 g/mol. The van der Waals surface area contributed by atoms with E-state index in [2.05, 4.69) is 52.9 Å². The largest absolute Gasteiger partial charge is 0.339 e. The van der Waals surface area contributed by atoms with Gasteiger partial charge in [-0.2, -0.15) is 0 Å². The quantitative estimate of drug-likeness (QED) is 0.907. The highest BCUT2D eigenvalue weighted by Crippen LogP contribution is 2.11. The number of aromatic nitrogens is 2. The Morgan fingerprint density at radius 3 is 2.45 bits per heavy atom. The van der Waals surface area contributed by atoms with E-state index in [1.165, 1.54) is 6.42 Å². The minimum absolute atomic E-state index is 0.119. The van der Waals surface area contributed by atoms with Crippen LogP contribution in [-0.2, 0) is 6.54 Å². The van der Waals surface area contributed by atoms with Gasteiger partial charge in [-0.3, -0.25) is 0 Å². The van der Waals surface area contributed by atoms with Crippen LogP contribution in [0.2, 0.25) is 0 Å². The van der Waals surface area contributed by atoms with Gasteiger partial charge in [0.15, 0.2) is 0 Å². The Balaban J connectivity index is 1.93. The van der Waals surface area contributed by atoms with Crippen LogP contribution in [0.3, 0.4) is 0 Å². The summed E-state index contributed by atoms with van der Waals surface area (Å²) in [5.41, 5.74) is 1.25. The Bertz CT molecular complexity index is 409. The molecule has 2 heterocycles. The Morgan fingerprint density at radius 1 is 1.10 bits per heavy atom. The Morgan fingerprint density at radius 2 is 1.80 bits per heavy atom. The fourth-order valence-electron chi connectivity index (χ4n) is 2.22. The van der Waals surface area contributed by atoms with Gasteiger partial charge in [0.1, 0.15) is 0 Å². The van der Waals surface area contributed by atoms with E-state index in [0.29, 0.717) is 0 Å². The fourth-order valence-corrected chi connectivity index (χ4v) is 2.22. The first-order valence-electron chi connectivity index (χ1n) is 7.43. The van der Waals surface area contributed by atoms with Crippen molar-refractivity contribution in [3.8, 4) is 0 Å². The van der Waals surface area contributed by atoms with Crippen molar-refractivity contribution in [1.82, 2.24) is 20.2 Å². The molecule has 0 saturated carbocycles. The molecule has 1 aromatic rings. The number of hydrogen-bond acceptors (Lipinski definition) is 5. The van der Waals surface area contributed by atoms with E-state index < -0.39 is 0 Å². The molecule has 20 heavy (non-hydrogen) atoms. The first-order valence-corrected chi connectivity index (χ1v) is 7.43. The summed E-state index contributed by atoms with van der Waals surface area (Å²) < 4.78 is 0. The van der Waals surface area contributed by atoms with Crippen molar-refractivity contribution in [1.29, 1.82) is 0 Å². The van der Waals surface area contributed by atoms with E-state index in [1.807, 2.05) is 12.4 Å². The molecule has 0 unspecified atom stereocenters. The molecule has 0 aromatic carbocycles. The molecule has 1 fully saturated rings. The van der Waals surface area contributed by atoms with Crippen molar-refractivity contribution in [2.24, 2.45) is 0 Å². The number of hydrogen-bond donors (Lipinski definition) is 1. The average Bonchev–Trinajstić information content (AvgIpc) is 2.61. The van der Waals surface area contributed by atoms with Gasteiger partial charge in [-0.15, -0.1) is 0 Å². The molecule has 112 valence electrons. The van der Waals surface area contributed by atoms with Gasteiger partial charge in [0, 0.05) is 49.7 Å². The molecule has 5 nitrogen and oxygen atoms in total. The second-order valence-electron chi connectivity index (χ2n) is 6.64. The summed E-state index contributed by atoms with van der Waals surface area (Å²) in [7, 11) is 2.17. The molecule has 0 bridgehead atoms. The number of rotatable bonds is 3. The van der Waals surface area contributed by atoms with Gasteiger partial charge in [0.2, 0.25) is 5.95 Å². The highest BCUT2D eigenvalue weighted by Gasteiger charge is 2.15. The summed E-state index contributed by atoms with van der Waals surface area (Å²) in [5, 5.41) is 3.45. The summed E-state index contributed by atoms with van der Waals surface area (Å²) >= 11 is 0. The molecule has 0 radical (unpaired) electrons. The van der Waals surface area contributed by atoms with E-state index >= 15 is 0 Å². The maximum Gasteiger partial charge on any atom is 0.225 e. The summed E-state index contributed by atoms with van der Waals surface area (Å²) in [5.74, 6) is 0.861. The van der Waals surface area contributed by atoms with Crippen LogP contribution in [0.15, 0.2) is 12.4 Å². The lowest BCUT2D eigenvalue weighted by Gasteiger charge is -2.22. The lowest BCUT2D eigenvalue weighted by molar-refractivity contribution is 0.360. The van der Waals surface area contributed by atoms with Crippen molar-refractivity contribution in [2.45, 2.75) is 39.3 Å². The lowest BCUT2D eigenvalue weighted by Crippen LogP contribution is -2.35. The van der Waals surface area contributed by atoms with Gasteiger partial charge in [-0.25, -0.2) is 9.97 Å². The molecule has 1 aromatic heterocycles. The molecule has 2 rings (SSSR count). The standard InChI is InChI=1S/C15H27N5/c1-15(2,3)18-12-13-10-16-14(17-11-13)20-7-5-6-19(4)8-9-20/h10-11,18H,5-9,12H2,1-4H3. The normalized spacial score (nSPS) is 18.1. The van der Waals surface area contributed by atoms with Crippen LogP contribution in [0.5, 0.6) is 0 Å². The van der Waals surface area contributed by atoms with Crippen LogP contribution in [0, 0.1) is 0 Å². The highest BCUT2D eigenvalue weighted by atomic mass is 15.3. The molecule has 1 aliphatic rings. The Kier molecular flexibility index (Phi) is 4.94. The summed E-state index contributed by atoms with van der Waals surface area (Å²) in [6, 6.07) is 0. The van der Waals surface area contributed by atoms with Crippen LogP contribution in [0.25, 0.3) is 0 Å². The minimum atomic E-state index is 0.119. The third kappa shape index (κ3) is 4.72. The second-order valence-corrected chi connectivity index (χ2v) is 6.64. The highest BCUT2D eigenvalue weighted by molar-refractivity contribution is 5.30. The lowest BCUT2D eigenvalue weighted by atomic mass is 10.1. The average molecular weight is 277 g/mol. The van der Waals surface area contributed by atoms with Crippen LogP contribution >= 0.6 is 0 Å². The first-order chi connectivity index (χ1) is 9.44. The van der Waals surface area contributed by atoms with E-state index in [9.17, 15) is 0 Å². The Labute approximate surface area is 122 Å². The zero-order chi connectivity index (χ0) is 14.6. The van der Waals surface area contributed by atoms with Crippen molar-refractivity contribution in [3.63, 3.8) is 0 Å². The predicted molar refractivity (Wildman–Crippen MR) is 83.0 cm³/mol. The monoisotopic (exact) mass is 277 g/mol. The van der Waals surface area contributed by atoms with Gasteiger partial charge in [0.05, 0.1) is 0 Å². The SMILES string of the molecule is CN1CCCN(c2ncc(CNC(C)(C)C)cn2)CC1. The van der Waals surface area contributed by atoms with Crippen molar-refractivity contribution >= 4 is 5.95 Å². The van der Waals surface area contributed by atoms with Gasteiger partial charge in [-0.05, 0) is 40.8 Å². The van der Waals surface area contributed by atoms with E-state index in [1.54, 1.807) is 0 Å². The number of likely N-dealkylation sites (N-methyl/N-ethyl adjacent to an activating group) is 1. The molecule has 1 aliphatic heterocycles. The van der Waals surface area contributed by atoms with E-state index in [0.717, 1.165) is 44.2 Å². The fraction of sp³-hybridized carbons (Fsp3) is 0.733. The molecule has 0 aliphatic carbocycles. The molecule has 1 N–H and O–H groups in total. The van der Waals surface area contributed by atoms with Gasteiger partial charge in [-0.1, -0.05) is 0 Å². The zero-order valence-electron chi connectivity index (χ0n) is 13.2. The number of nitrogens with one attached hydrogen (secondary N) is 1. The minimum Gasteiger partial charge on any atom is -0.339 e. The van der Waals surface area contributed by atoms with Crippen LogP contribution in [-0.4, -0.2) is 53.6 Å². The maximum absolute atomic E-state index is 4.53. The molecule has 0 spiro atoms. The van der Waals surface area contributed by atoms with E-state index in [-0.39, 0.29) is 5.54 Å². The van der Waals surface area contributed by atoms with Crippen molar-refractivity contribution in [3.05, 3.63) is 18.0 Å². The van der Waals surface area contributed by atoms with Crippen LogP contribution < -0.4 is 10.2 Å².